The zero-order valence-electron chi connectivity index (χ0n) is 15.2. The first kappa shape index (κ1) is 19.0. The van der Waals surface area contributed by atoms with Crippen LogP contribution in [0, 0.1) is 18.3 Å². The van der Waals surface area contributed by atoms with Crippen LogP contribution in [0.4, 0.5) is 5.82 Å². The van der Waals surface area contributed by atoms with Gasteiger partial charge in [-0.3, -0.25) is 14.4 Å². The van der Waals surface area contributed by atoms with Crippen LogP contribution in [0.5, 0.6) is 0 Å². The molecular formula is C17H26N4O4. The number of aromatic nitrogens is 1. The SMILES string of the molecule is Cc1cc(NC(=O)C2CCN(C(=O)CNC(=O)C(C)(C)C)CC2)no1. The van der Waals surface area contributed by atoms with Crippen molar-refractivity contribution in [2.75, 3.05) is 25.0 Å². The van der Waals surface area contributed by atoms with Crippen LogP contribution in [0.3, 0.4) is 0 Å². The molecule has 0 spiro atoms. The molecule has 2 heterocycles. The Kier molecular flexibility index (Phi) is 5.81. The molecule has 1 fully saturated rings. The summed E-state index contributed by atoms with van der Waals surface area (Å²) in [5, 5.41) is 9.13. The highest BCUT2D eigenvalue weighted by Gasteiger charge is 2.28. The number of carbonyl (C=O) groups excluding carboxylic acids is 3. The van der Waals surface area contributed by atoms with Gasteiger partial charge in [0.15, 0.2) is 5.82 Å². The molecular weight excluding hydrogens is 324 g/mol. The Labute approximate surface area is 147 Å². The highest BCUT2D eigenvalue weighted by Crippen LogP contribution is 2.20. The highest BCUT2D eigenvalue weighted by atomic mass is 16.5. The Morgan fingerprint density at radius 1 is 1.28 bits per heavy atom. The first-order chi connectivity index (χ1) is 11.7. The van der Waals surface area contributed by atoms with Crippen molar-refractivity contribution in [3.63, 3.8) is 0 Å². The van der Waals surface area contributed by atoms with Gasteiger partial charge < -0.3 is 20.1 Å². The summed E-state index contributed by atoms with van der Waals surface area (Å²) in [4.78, 5) is 37.9. The quantitative estimate of drug-likeness (QED) is 0.852. The van der Waals surface area contributed by atoms with Crippen LogP contribution in [0.25, 0.3) is 0 Å². The molecule has 138 valence electrons. The van der Waals surface area contributed by atoms with E-state index in [1.165, 1.54) is 0 Å². The standard InChI is InChI=1S/C17H26N4O4/c1-11-9-13(20-25-11)19-15(23)12-5-7-21(8-6-12)14(22)10-18-16(24)17(2,3)4/h9,12H,5-8,10H2,1-4H3,(H,18,24)(H,19,20,23). The fraction of sp³-hybridized carbons (Fsp3) is 0.647. The first-order valence-electron chi connectivity index (χ1n) is 8.47. The zero-order chi connectivity index (χ0) is 18.6. The van der Waals surface area contributed by atoms with Crippen molar-refractivity contribution >= 4 is 23.5 Å². The summed E-state index contributed by atoms with van der Waals surface area (Å²) in [6.07, 6.45) is 1.17. The smallest absolute Gasteiger partial charge is 0.241 e. The number of nitrogens with zero attached hydrogens (tertiary/aromatic N) is 2. The van der Waals surface area contributed by atoms with Crippen LogP contribution < -0.4 is 10.6 Å². The lowest BCUT2D eigenvalue weighted by Gasteiger charge is -2.31. The van der Waals surface area contributed by atoms with E-state index in [2.05, 4.69) is 15.8 Å². The second kappa shape index (κ2) is 7.67. The average molecular weight is 350 g/mol. The maximum Gasteiger partial charge on any atom is 0.241 e. The number of nitrogens with one attached hydrogen (secondary N) is 2. The second-order valence-corrected chi connectivity index (χ2v) is 7.40. The molecule has 0 aromatic carbocycles. The molecule has 2 rings (SSSR count). The van der Waals surface area contributed by atoms with E-state index in [4.69, 9.17) is 4.52 Å². The van der Waals surface area contributed by atoms with Crippen LogP contribution in [-0.4, -0.2) is 47.4 Å². The molecule has 3 amide bonds. The molecule has 25 heavy (non-hydrogen) atoms. The molecule has 1 aromatic heterocycles. The molecule has 0 bridgehead atoms. The van der Waals surface area contributed by atoms with Gasteiger partial charge in [-0.2, -0.15) is 0 Å². The Hall–Kier alpha value is -2.38. The third-order valence-corrected chi connectivity index (χ3v) is 4.18. The van der Waals surface area contributed by atoms with Crippen molar-refractivity contribution in [3.8, 4) is 0 Å². The molecule has 0 unspecified atom stereocenters. The fourth-order valence-corrected chi connectivity index (χ4v) is 2.58. The number of piperidine rings is 1. The zero-order valence-corrected chi connectivity index (χ0v) is 15.2. The van der Waals surface area contributed by atoms with E-state index < -0.39 is 5.41 Å². The lowest BCUT2D eigenvalue weighted by Crippen LogP contribution is -2.47. The van der Waals surface area contributed by atoms with Crippen LogP contribution in [0.1, 0.15) is 39.4 Å². The minimum absolute atomic E-state index is 0.00875. The molecule has 0 saturated carbocycles. The molecule has 1 aliphatic heterocycles. The summed E-state index contributed by atoms with van der Waals surface area (Å²) >= 11 is 0. The van der Waals surface area contributed by atoms with Gasteiger partial charge in [0.2, 0.25) is 17.7 Å². The van der Waals surface area contributed by atoms with Gasteiger partial charge in [-0.25, -0.2) is 0 Å². The third-order valence-electron chi connectivity index (χ3n) is 4.18. The van der Waals surface area contributed by atoms with E-state index >= 15 is 0 Å². The molecule has 8 heteroatoms. The average Bonchev–Trinajstić information content (AvgIpc) is 2.96. The molecule has 1 saturated heterocycles. The number of carbonyl (C=O) groups is 3. The largest absolute Gasteiger partial charge is 0.360 e. The number of hydrogen-bond acceptors (Lipinski definition) is 5. The number of hydrogen-bond donors (Lipinski definition) is 2. The summed E-state index contributed by atoms with van der Waals surface area (Å²) in [5.41, 5.74) is -0.523. The molecule has 2 N–H and O–H groups in total. The van der Waals surface area contributed by atoms with Crippen LogP contribution >= 0.6 is 0 Å². The Morgan fingerprint density at radius 3 is 2.44 bits per heavy atom. The Morgan fingerprint density at radius 2 is 1.92 bits per heavy atom. The number of amides is 3. The van der Waals surface area contributed by atoms with Crippen molar-refractivity contribution in [1.82, 2.24) is 15.4 Å². The second-order valence-electron chi connectivity index (χ2n) is 7.40. The van der Waals surface area contributed by atoms with Gasteiger partial charge in [0.05, 0.1) is 6.54 Å². The van der Waals surface area contributed by atoms with Crippen LogP contribution in [0.15, 0.2) is 10.6 Å². The van der Waals surface area contributed by atoms with Gasteiger partial charge >= 0.3 is 0 Å². The normalized spacial score (nSPS) is 15.8. The van der Waals surface area contributed by atoms with E-state index in [0.29, 0.717) is 37.5 Å². The summed E-state index contributed by atoms with van der Waals surface area (Å²) in [6.45, 7) is 8.14. The monoisotopic (exact) mass is 350 g/mol. The number of aryl methyl sites for hydroxylation is 1. The molecule has 1 aliphatic rings. The van der Waals surface area contributed by atoms with E-state index in [-0.39, 0.29) is 30.2 Å². The first-order valence-corrected chi connectivity index (χ1v) is 8.47. The van der Waals surface area contributed by atoms with Gasteiger partial charge in [-0.1, -0.05) is 25.9 Å². The Balaban J connectivity index is 1.76. The number of rotatable bonds is 4. The summed E-state index contributed by atoms with van der Waals surface area (Å²) < 4.78 is 4.92. The summed E-state index contributed by atoms with van der Waals surface area (Å²) in [5.74, 6) is 0.493. The maximum atomic E-state index is 12.2. The van der Waals surface area contributed by atoms with Crippen LogP contribution in [0.2, 0.25) is 0 Å². The highest BCUT2D eigenvalue weighted by molar-refractivity contribution is 5.92. The maximum absolute atomic E-state index is 12.2. The van der Waals surface area contributed by atoms with Gasteiger partial charge in [-0.15, -0.1) is 0 Å². The van der Waals surface area contributed by atoms with Gasteiger partial charge in [0.25, 0.3) is 0 Å². The molecule has 0 aliphatic carbocycles. The number of anilines is 1. The lowest BCUT2D eigenvalue weighted by atomic mass is 9.95. The van der Waals surface area contributed by atoms with E-state index in [9.17, 15) is 14.4 Å². The van der Waals surface area contributed by atoms with Crippen LogP contribution in [-0.2, 0) is 14.4 Å². The predicted molar refractivity (Wildman–Crippen MR) is 91.6 cm³/mol. The van der Waals surface area contributed by atoms with E-state index in [1.54, 1.807) is 38.7 Å². The summed E-state index contributed by atoms with van der Waals surface area (Å²) in [6, 6.07) is 1.66. The van der Waals surface area contributed by atoms with Gasteiger partial charge in [0.1, 0.15) is 5.76 Å². The molecule has 0 atom stereocenters. The minimum atomic E-state index is -0.523. The third kappa shape index (κ3) is 5.30. The van der Waals surface area contributed by atoms with Crippen molar-refractivity contribution in [2.24, 2.45) is 11.3 Å². The fourth-order valence-electron chi connectivity index (χ4n) is 2.58. The number of likely N-dealkylation sites (tertiary alicyclic amines) is 1. The van der Waals surface area contributed by atoms with Gasteiger partial charge in [-0.05, 0) is 19.8 Å². The molecule has 1 aromatic rings. The van der Waals surface area contributed by atoms with Crippen molar-refractivity contribution in [3.05, 3.63) is 11.8 Å². The molecule has 0 radical (unpaired) electrons. The van der Waals surface area contributed by atoms with E-state index in [1.807, 2.05) is 0 Å². The molecule has 8 nitrogen and oxygen atoms in total. The lowest BCUT2D eigenvalue weighted by molar-refractivity contribution is -0.136. The Bertz CT molecular complexity index is 639. The summed E-state index contributed by atoms with van der Waals surface area (Å²) in [7, 11) is 0. The topological polar surface area (TPSA) is 105 Å². The van der Waals surface area contributed by atoms with Crippen molar-refractivity contribution in [1.29, 1.82) is 0 Å². The van der Waals surface area contributed by atoms with Gasteiger partial charge in [0, 0.05) is 30.5 Å². The van der Waals surface area contributed by atoms with Crippen molar-refractivity contribution < 1.29 is 18.9 Å². The predicted octanol–water partition coefficient (Wildman–Crippen LogP) is 1.32. The van der Waals surface area contributed by atoms with E-state index in [0.717, 1.165) is 0 Å². The van der Waals surface area contributed by atoms with Crippen molar-refractivity contribution in [2.45, 2.75) is 40.5 Å². The minimum Gasteiger partial charge on any atom is -0.360 e.